The number of carboxylic acid groups (broad SMARTS) is 1. The lowest BCUT2D eigenvalue weighted by atomic mass is 9.95. The lowest BCUT2D eigenvalue weighted by Crippen LogP contribution is -2.62. The van der Waals surface area contributed by atoms with E-state index in [1.54, 1.807) is 0 Å². The predicted molar refractivity (Wildman–Crippen MR) is 101 cm³/mol. The first-order valence-electron chi connectivity index (χ1n) is 9.03. The number of nitrogens with one attached hydrogen (secondary N) is 1. The number of aliphatic hydroxyl groups is 1. The zero-order chi connectivity index (χ0) is 20.7. The first-order valence-corrected chi connectivity index (χ1v) is 9.03. The molecule has 1 rings (SSSR count). The Balaban J connectivity index is 3.36. The molecule has 0 radical (unpaired) electrons. The van der Waals surface area contributed by atoms with Crippen LogP contribution in [-0.2, 0) is 14.3 Å². The number of ether oxygens (including phenoxy) is 1. The molecule has 0 aromatic heterocycles. The fourth-order valence-electron chi connectivity index (χ4n) is 3.07. The van der Waals surface area contributed by atoms with Gasteiger partial charge in [0.25, 0.3) is 0 Å². The van der Waals surface area contributed by atoms with Crippen molar-refractivity contribution in [1.82, 2.24) is 10.2 Å². The molecule has 10 heteroatoms. The van der Waals surface area contributed by atoms with Crippen LogP contribution in [0.3, 0.4) is 0 Å². The third kappa shape index (κ3) is 6.10. The molecule has 10 nitrogen and oxygen atoms in total. The molecule has 27 heavy (non-hydrogen) atoms. The molecular formula is C17H31N5O5. The summed E-state index contributed by atoms with van der Waals surface area (Å²) in [4.78, 5) is 29.0. The maximum absolute atomic E-state index is 11.7. The molecule has 1 aliphatic heterocycles. The first kappa shape index (κ1) is 22.7. The van der Waals surface area contributed by atoms with Crippen LogP contribution in [0.1, 0.15) is 40.5 Å². The molecule has 154 valence electrons. The smallest absolute Gasteiger partial charge is 0.370 e. The molecule has 0 spiro atoms. The lowest BCUT2D eigenvalue weighted by Gasteiger charge is -2.42. The molecule has 1 amide bonds. The standard InChI is InChI=1S/C17H31N5O5/c1-5-7-22(9(3)6-2)15(24)14-13(20-10(4)23)11(21-17(18)19)8-12(27-14)16(25)26/h8-9,11,13-15,24H,5-7H2,1-4H3,(H,20,23)(H,25,26)(H4,18,19,21)/t9?,11-,13+,14?,15-/m1/s1. The van der Waals surface area contributed by atoms with Gasteiger partial charge in [-0.25, -0.2) is 9.79 Å². The van der Waals surface area contributed by atoms with Crippen LogP contribution in [0.2, 0.25) is 0 Å². The number of nitrogens with zero attached hydrogens (tertiary/aromatic N) is 2. The van der Waals surface area contributed by atoms with Gasteiger partial charge in [0.2, 0.25) is 11.7 Å². The Hall–Kier alpha value is -2.33. The maximum atomic E-state index is 11.7. The van der Waals surface area contributed by atoms with E-state index in [0.717, 1.165) is 12.8 Å². The zero-order valence-electron chi connectivity index (χ0n) is 16.3. The first-order chi connectivity index (χ1) is 12.6. The number of carboxylic acids is 1. The van der Waals surface area contributed by atoms with Gasteiger partial charge in [-0.15, -0.1) is 0 Å². The van der Waals surface area contributed by atoms with Crippen LogP contribution in [0.4, 0.5) is 0 Å². The maximum Gasteiger partial charge on any atom is 0.370 e. The van der Waals surface area contributed by atoms with E-state index < -0.39 is 30.4 Å². The third-order valence-electron chi connectivity index (χ3n) is 4.46. The summed E-state index contributed by atoms with van der Waals surface area (Å²) < 4.78 is 5.56. The summed E-state index contributed by atoms with van der Waals surface area (Å²) in [5.41, 5.74) is 10.9. The molecule has 0 fully saturated rings. The van der Waals surface area contributed by atoms with E-state index in [2.05, 4.69) is 10.3 Å². The van der Waals surface area contributed by atoms with Crippen LogP contribution in [0, 0.1) is 0 Å². The molecule has 1 aliphatic rings. The van der Waals surface area contributed by atoms with Gasteiger partial charge in [0.1, 0.15) is 6.23 Å². The van der Waals surface area contributed by atoms with E-state index in [1.165, 1.54) is 13.0 Å². The average molecular weight is 385 g/mol. The molecule has 0 saturated heterocycles. The fourth-order valence-corrected chi connectivity index (χ4v) is 3.07. The lowest BCUT2D eigenvalue weighted by molar-refractivity contribution is -0.151. The van der Waals surface area contributed by atoms with Gasteiger partial charge in [0.05, 0.1) is 12.1 Å². The molecule has 5 atom stereocenters. The highest BCUT2D eigenvalue weighted by Crippen LogP contribution is 2.26. The Kier molecular flexibility index (Phi) is 8.51. The van der Waals surface area contributed by atoms with E-state index in [4.69, 9.17) is 16.2 Å². The van der Waals surface area contributed by atoms with Crippen molar-refractivity contribution in [2.24, 2.45) is 16.5 Å². The minimum atomic E-state index is -1.31. The van der Waals surface area contributed by atoms with Crippen molar-refractivity contribution in [3.05, 3.63) is 11.8 Å². The van der Waals surface area contributed by atoms with Gasteiger partial charge in [0.15, 0.2) is 12.1 Å². The van der Waals surface area contributed by atoms with Crippen molar-refractivity contribution in [3.63, 3.8) is 0 Å². The van der Waals surface area contributed by atoms with Crippen LogP contribution in [0.15, 0.2) is 16.8 Å². The number of guanidine groups is 1. The molecule has 0 bridgehead atoms. The van der Waals surface area contributed by atoms with E-state index in [9.17, 15) is 19.8 Å². The number of amides is 1. The number of carbonyl (C=O) groups is 2. The molecule has 0 saturated carbocycles. The fraction of sp³-hybridized carbons (Fsp3) is 0.706. The summed E-state index contributed by atoms with van der Waals surface area (Å²) in [5, 5.41) is 23.1. The summed E-state index contributed by atoms with van der Waals surface area (Å²) >= 11 is 0. The monoisotopic (exact) mass is 385 g/mol. The highest BCUT2D eigenvalue weighted by atomic mass is 16.5. The van der Waals surface area contributed by atoms with Crippen LogP contribution in [-0.4, -0.2) is 70.0 Å². The Bertz CT molecular complexity index is 590. The van der Waals surface area contributed by atoms with Gasteiger partial charge < -0.3 is 31.7 Å². The summed E-state index contributed by atoms with van der Waals surface area (Å²) in [6.45, 7) is 7.79. The summed E-state index contributed by atoms with van der Waals surface area (Å²) in [6.07, 6.45) is 0.528. The van der Waals surface area contributed by atoms with E-state index in [0.29, 0.717) is 6.54 Å². The number of carbonyl (C=O) groups excluding carboxylic acids is 1. The number of aliphatic hydroxyl groups excluding tert-OH is 1. The predicted octanol–water partition coefficient (Wildman–Crippen LogP) is -0.671. The Morgan fingerprint density at radius 1 is 1.41 bits per heavy atom. The van der Waals surface area contributed by atoms with Gasteiger partial charge >= 0.3 is 5.97 Å². The van der Waals surface area contributed by atoms with Crippen LogP contribution in [0.25, 0.3) is 0 Å². The quantitative estimate of drug-likeness (QED) is 0.198. The Morgan fingerprint density at radius 3 is 2.48 bits per heavy atom. The Morgan fingerprint density at radius 2 is 2.04 bits per heavy atom. The SMILES string of the molecule is CCCN(C(C)CC)[C@H](O)C1OC(C(=O)O)=C[C@@H](N=C(N)N)[C@@H]1NC(C)=O. The number of hydrogen-bond donors (Lipinski definition) is 5. The van der Waals surface area contributed by atoms with Gasteiger partial charge in [-0.2, -0.15) is 0 Å². The minimum absolute atomic E-state index is 0.0160. The molecular weight excluding hydrogens is 354 g/mol. The second kappa shape index (κ2) is 10.1. The topological polar surface area (TPSA) is 164 Å². The van der Waals surface area contributed by atoms with Crippen molar-refractivity contribution in [3.8, 4) is 0 Å². The molecule has 2 unspecified atom stereocenters. The zero-order valence-corrected chi connectivity index (χ0v) is 16.3. The largest absolute Gasteiger partial charge is 0.477 e. The number of aliphatic imine (C=N–C) groups is 1. The molecule has 1 heterocycles. The van der Waals surface area contributed by atoms with Crippen LogP contribution >= 0.6 is 0 Å². The van der Waals surface area contributed by atoms with Gasteiger partial charge in [0, 0.05) is 19.5 Å². The minimum Gasteiger partial charge on any atom is -0.477 e. The number of hydrogen-bond acceptors (Lipinski definition) is 6. The van der Waals surface area contributed by atoms with Crippen molar-refractivity contribution in [2.75, 3.05) is 6.54 Å². The summed E-state index contributed by atoms with van der Waals surface area (Å²) in [7, 11) is 0. The van der Waals surface area contributed by atoms with Crippen LogP contribution in [0.5, 0.6) is 0 Å². The van der Waals surface area contributed by atoms with Crippen molar-refractivity contribution in [1.29, 1.82) is 0 Å². The summed E-state index contributed by atoms with van der Waals surface area (Å²) in [5.74, 6) is -2.33. The molecule has 0 aromatic rings. The average Bonchev–Trinajstić information content (AvgIpc) is 2.58. The van der Waals surface area contributed by atoms with Crippen molar-refractivity contribution >= 4 is 17.8 Å². The van der Waals surface area contributed by atoms with Gasteiger partial charge in [-0.05, 0) is 25.8 Å². The van der Waals surface area contributed by atoms with Gasteiger partial charge in [-0.1, -0.05) is 13.8 Å². The Labute approximate surface area is 159 Å². The number of aliphatic carboxylic acids is 1. The van der Waals surface area contributed by atoms with Crippen molar-refractivity contribution < 1.29 is 24.5 Å². The van der Waals surface area contributed by atoms with Gasteiger partial charge in [-0.3, -0.25) is 9.69 Å². The second-order valence-electron chi connectivity index (χ2n) is 6.60. The van der Waals surface area contributed by atoms with E-state index >= 15 is 0 Å². The third-order valence-corrected chi connectivity index (χ3v) is 4.46. The highest BCUT2D eigenvalue weighted by molar-refractivity contribution is 5.85. The van der Waals surface area contributed by atoms with Crippen LogP contribution < -0.4 is 16.8 Å². The van der Waals surface area contributed by atoms with E-state index in [1.807, 2.05) is 25.7 Å². The summed E-state index contributed by atoms with van der Waals surface area (Å²) in [6, 6.07) is -1.72. The molecule has 7 N–H and O–H groups in total. The highest BCUT2D eigenvalue weighted by Gasteiger charge is 2.44. The number of nitrogens with two attached hydrogens (primary N) is 2. The van der Waals surface area contributed by atoms with Crippen molar-refractivity contribution in [2.45, 2.75) is 71.0 Å². The van der Waals surface area contributed by atoms with E-state index in [-0.39, 0.29) is 23.7 Å². The number of rotatable bonds is 9. The normalized spacial score (nSPS) is 24.4. The second-order valence-corrected chi connectivity index (χ2v) is 6.60. The molecule has 0 aromatic carbocycles. The molecule has 0 aliphatic carbocycles.